The van der Waals surface area contributed by atoms with Crippen molar-refractivity contribution in [3.05, 3.63) is 70.9 Å². The molecule has 1 atom stereocenters. The highest BCUT2D eigenvalue weighted by Gasteiger charge is 2.11. The molecule has 1 heterocycles. The molecule has 0 radical (unpaired) electrons. The molecule has 1 aromatic heterocycles. The average molecular weight is 300 g/mol. The number of halogens is 1. The molecule has 0 amide bonds. The summed E-state index contributed by atoms with van der Waals surface area (Å²) in [7, 11) is 0. The molecule has 0 spiro atoms. The van der Waals surface area contributed by atoms with Crippen molar-refractivity contribution in [1.82, 2.24) is 5.32 Å². The summed E-state index contributed by atoms with van der Waals surface area (Å²) >= 11 is 6.08. The Kier molecular flexibility index (Phi) is 4.28. The van der Waals surface area contributed by atoms with Gasteiger partial charge in [0.05, 0.1) is 6.26 Å². The van der Waals surface area contributed by atoms with Crippen molar-refractivity contribution in [2.75, 3.05) is 0 Å². The molecular formula is C18H18ClNO. The number of hydrogen-bond donors (Lipinski definition) is 1. The second kappa shape index (κ2) is 6.33. The molecule has 21 heavy (non-hydrogen) atoms. The first-order chi connectivity index (χ1) is 10.3. The van der Waals surface area contributed by atoms with Gasteiger partial charge in [0.2, 0.25) is 0 Å². The van der Waals surface area contributed by atoms with Crippen LogP contribution in [0.2, 0.25) is 5.02 Å². The van der Waals surface area contributed by atoms with Crippen LogP contribution in [0.4, 0.5) is 0 Å². The third-order valence-corrected chi connectivity index (χ3v) is 3.99. The van der Waals surface area contributed by atoms with Gasteiger partial charge in [0.25, 0.3) is 0 Å². The van der Waals surface area contributed by atoms with Crippen molar-refractivity contribution < 1.29 is 4.42 Å². The van der Waals surface area contributed by atoms with Gasteiger partial charge < -0.3 is 9.73 Å². The molecule has 2 nitrogen and oxygen atoms in total. The zero-order valence-corrected chi connectivity index (χ0v) is 12.7. The first-order valence-electron chi connectivity index (χ1n) is 7.22. The summed E-state index contributed by atoms with van der Waals surface area (Å²) in [6.07, 6.45) is 2.85. The standard InChI is InChI=1S/C18H18ClNO/c1-2-17(13-6-5-7-15(19)10-13)20-11-14-12-21-18-9-4-3-8-16(14)18/h3-10,12,17,20H,2,11H2,1H3. The number of hydrogen-bond acceptors (Lipinski definition) is 2. The van der Waals surface area contributed by atoms with Crippen LogP contribution in [-0.4, -0.2) is 0 Å². The highest BCUT2D eigenvalue weighted by atomic mass is 35.5. The molecule has 1 N–H and O–H groups in total. The molecule has 3 aromatic rings. The van der Waals surface area contributed by atoms with Crippen molar-refractivity contribution in [3.63, 3.8) is 0 Å². The monoisotopic (exact) mass is 299 g/mol. The van der Waals surface area contributed by atoms with Crippen LogP contribution in [-0.2, 0) is 6.54 Å². The molecule has 1 unspecified atom stereocenters. The molecule has 2 aromatic carbocycles. The second-order valence-corrected chi connectivity index (χ2v) is 5.59. The third-order valence-electron chi connectivity index (χ3n) is 3.76. The Morgan fingerprint density at radius 2 is 2.00 bits per heavy atom. The van der Waals surface area contributed by atoms with Gasteiger partial charge in [-0.25, -0.2) is 0 Å². The molecule has 0 aliphatic carbocycles. The third kappa shape index (κ3) is 3.12. The van der Waals surface area contributed by atoms with Crippen LogP contribution in [0.3, 0.4) is 0 Å². The van der Waals surface area contributed by atoms with E-state index in [-0.39, 0.29) is 6.04 Å². The second-order valence-electron chi connectivity index (χ2n) is 5.15. The Morgan fingerprint density at radius 3 is 2.81 bits per heavy atom. The van der Waals surface area contributed by atoms with Crippen molar-refractivity contribution in [2.24, 2.45) is 0 Å². The Balaban J connectivity index is 1.76. The normalized spacial score (nSPS) is 12.7. The highest BCUT2D eigenvalue weighted by Crippen LogP contribution is 2.24. The minimum absolute atomic E-state index is 0.289. The van der Waals surface area contributed by atoms with E-state index in [1.54, 1.807) is 0 Å². The molecule has 108 valence electrons. The van der Waals surface area contributed by atoms with Crippen molar-refractivity contribution in [2.45, 2.75) is 25.9 Å². The predicted octanol–water partition coefficient (Wildman–Crippen LogP) is 5.33. The summed E-state index contributed by atoms with van der Waals surface area (Å²) < 4.78 is 5.58. The maximum Gasteiger partial charge on any atom is 0.134 e. The molecule has 0 fully saturated rings. The van der Waals surface area contributed by atoms with Gasteiger partial charge in [-0.05, 0) is 30.2 Å². The quantitative estimate of drug-likeness (QED) is 0.689. The lowest BCUT2D eigenvalue weighted by Gasteiger charge is -2.17. The van der Waals surface area contributed by atoms with Crippen LogP contribution < -0.4 is 5.32 Å². The number of benzene rings is 2. The lowest BCUT2D eigenvalue weighted by atomic mass is 10.0. The van der Waals surface area contributed by atoms with Crippen LogP contribution in [0.25, 0.3) is 11.0 Å². The molecule has 3 rings (SSSR count). The number of rotatable bonds is 5. The number of nitrogens with one attached hydrogen (secondary N) is 1. The maximum absolute atomic E-state index is 6.08. The summed E-state index contributed by atoms with van der Waals surface area (Å²) in [4.78, 5) is 0. The topological polar surface area (TPSA) is 25.2 Å². The minimum Gasteiger partial charge on any atom is -0.464 e. The summed E-state index contributed by atoms with van der Waals surface area (Å²) in [6.45, 7) is 2.95. The van der Waals surface area contributed by atoms with Gasteiger partial charge in [-0.1, -0.05) is 48.9 Å². The number of fused-ring (bicyclic) bond motifs is 1. The van der Waals surface area contributed by atoms with E-state index in [0.717, 1.165) is 23.6 Å². The molecule has 0 aliphatic heterocycles. The lowest BCUT2D eigenvalue weighted by Crippen LogP contribution is -2.20. The van der Waals surface area contributed by atoms with E-state index in [0.29, 0.717) is 0 Å². The minimum atomic E-state index is 0.289. The first-order valence-corrected chi connectivity index (χ1v) is 7.59. The van der Waals surface area contributed by atoms with E-state index in [4.69, 9.17) is 16.0 Å². The Labute approximate surface area is 129 Å². The average Bonchev–Trinajstić information content (AvgIpc) is 2.91. The van der Waals surface area contributed by atoms with Gasteiger partial charge in [0.15, 0.2) is 0 Å². The smallest absolute Gasteiger partial charge is 0.134 e. The Bertz CT molecular complexity index is 735. The maximum atomic E-state index is 6.08. The van der Waals surface area contributed by atoms with Gasteiger partial charge in [0.1, 0.15) is 5.58 Å². The molecule has 3 heteroatoms. The van der Waals surface area contributed by atoms with Gasteiger partial charge in [0, 0.05) is 28.6 Å². The van der Waals surface area contributed by atoms with E-state index in [1.165, 1.54) is 16.5 Å². The highest BCUT2D eigenvalue weighted by molar-refractivity contribution is 6.30. The molecule has 0 saturated heterocycles. The van der Waals surface area contributed by atoms with E-state index in [9.17, 15) is 0 Å². The van der Waals surface area contributed by atoms with E-state index in [2.05, 4.69) is 24.4 Å². The number of para-hydroxylation sites is 1. The van der Waals surface area contributed by atoms with Crippen LogP contribution in [0.15, 0.2) is 59.2 Å². The largest absolute Gasteiger partial charge is 0.464 e. The molecule has 0 aliphatic rings. The summed E-state index contributed by atoms with van der Waals surface area (Å²) in [5, 5.41) is 5.54. The van der Waals surface area contributed by atoms with Crippen molar-refractivity contribution in [1.29, 1.82) is 0 Å². The van der Waals surface area contributed by atoms with Crippen LogP contribution in [0.1, 0.15) is 30.5 Å². The summed E-state index contributed by atoms with van der Waals surface area (Å²) in [5.41, 5.74) is 3.34. The predicted molar refractivity (Wildman–Crippen MR) is 87.5 cm³/mol. The van der Waals surface area contributed by atoms with Gasteiger partial charge in [-0.15, -0.1) is 0 Å². The molecule has 0 bridgehead atoms. The SMILES string of the molecule is CCC(NCc1coc2ccccc12)c1cccc(Cl)c1. The zero-order chi connectivity index (χ0) is 14.7. The van der Waals surface area contributed by atoms with Crippen LogP contribution in [0.5, 0.6) is 0 Å². The molecule has 0 saturated carbocycles. The number of furan rings is 1. The van der Waals surface area contributed by atoms with E-state index < -0.39 is 0 Å². The van der Waals surface area contributed by atoms with E-state index >= 15 is 0 Å². The van der Waals surface area contributed by atoms with Crippen LogP contribution in [0, 0.1) is 0 Å². The fourth-order valence-electron chi connectivity index (χ4n) is 2.62. The van der Waals surface area contributed by atoms with Crippen LogP contribution >= 0.6 is 11.6 Å². The van der Waals surface area contributed by atoms with Crippen molar-refractivity contribution >= 4 is 22.6 Å². The van der Waals surface area contributed by atoms with Crippen molar-refractivity contribution in [3.8, 4) is 0 Å². The molecular weight excluding hydrogens is 282 g/mol. The fraction of sp³-hybridized carbons (Fsp3) is 0.222. The lowest BCUT2D eigenvalue weighted by molar-refractivity contribution is 0.515. The van der Waals surface area contributed by atoms with Gasteiger partial charge >= 0.3 is 0 Å². The summed E-state index contributed by atoms with van der Waals surface area (Å²) in [5.74, 6) is 0. The van der Waals surface area contributed by atoms with E-state index in [1.807, 2.05) is 42.7 Å². The zero-order valence-electron chi connectivity index (χ0n) is 12.0. The van der Waals surface area contributed by atoms with Gasteiger partial charge in [-0.2, -0.15) is 0 Å². The first kappa shape index (κ1) is 14.2. The fourth-order valence-corrected chi connectivity index (χ4v) is 2.82. The Morgan fingerprint density at radius 1 is 1.14 bits per heavy atom. The van der Waals surface area contributed by atoms with Gasteiger partial charge in [-0.3, -0.25) is 0 Å². The Hall–Kier alpha value is -1.77. The summed E-state index contributed by atoms with van der Waals surface area (Å²) in [6, 6.07) is 16.4.